The molecule has 0 saturated carbocycles. The Morgan fingerprint density at radius 2 is 1.95 bits per heavy atom. The molecule has 0 aliphatic carbocycles. The predicted octanol–water partition coefficient (Wildman–Crippen LogP) is 2.57. The van der Waals surface area contributed by atoms with Crippen molar-refractivity contribution in [1.29, 1.82) is 0 Å². The summed E-state index contributed by atoms with van der Waals surface area (Å²) in [6.07, 6.45) is 0. The van der Waals surface area contributed by atoms with Crippen LogP contribution in [0.4, 0.5) is 5.95 Å². The molecule has 0 fully saturated rings. The Hall–Kier alpha value is -2.89. The first kappa shape index (κ1) is 13.1. The van der Waals surface area contributed by atoms with Crippen molar-refractivity contribution in [3.63, 3.8) is 0 Å². The molecular formula is C15H13N3O3. The van der Waals surface area contributed by atoms with Crippen molar-refractivity contribution < 1.29 is 9.15 Å². The standard InChI is InChI=1S/C15H13N3O3/c1-8-5-14(19)21-12-7-10(3-4-11(8)12)20-13-6-9(2)17-15(16)18-13/h3-7H,1-2H3,(H2,16,17,18). The molecule has 0 aliphatic heterocycles. The molecule has 0 amide bonds. The third-order valence-corrected chi connectivity index (χ3v) is 2.99. The molecule has 0 spiro atoms. The first-order valence-corrected chi connectivity index (χ1v) is 6.35. The zero-order valence-corrected chi connectivity index (χ0v) is 11.6. The van der Waals surface area contributed by atoms with E-state index >= 15 is 0 Å². The molecule has 21 heavy (non-hydrogen) atoms. The van der Waals surface area contributed by atoms with Crippen LogP contribution in [-0.2, 0) is 0 Å². The van der Waals surface area contributed by atoms with Gasteiger partial charge in [-0.15, -0.1) is 0 Å². The summed E-state index contributed by atoms with van der Waals surface area (Å²) >= 11 is 0. The van der Waals surface area contributed by atoms with Crippen LogP contribution in [0.1, 0.15) is 11.3 Å². The van der Waals surface area contributed by atoms with Crippen LogP contribution in [0.5, 0.6) is 11.6 Å². The summed E-state index contributed by atoms with van der Waals surface area (Å²) < 4.78 is 10.8. The van der Waals surface area contributed by atoms with Crippen molar-refractivity contribution in [1.82, 2.24) is 9.97 Å². The van der Waals surface area contributed by atoms with Crippen molar-refractivity contribution in [2.45, 2.75) is 13.8 Å². The van der Waals surface area contributed by atoms with Gasteiger partial charge in [0.15, 0.2) is 0 Å². The number of anilines is 1. The van der Waals surface area contributed by atoms with E-state index < -0.39 is 0 Å². The third kappa shape index (κ3) is 2.69. The number of nitrogens with two attached hydrogens (primary N) is 1. The van der Waals surface area contributed by atoms with E-state index in [-0.39, 0.29) is 11.6 Å². The van der Waals surface area contributed by atoms with Crippen LogP contribution >= 0.6 is 0 Å². The highest BCUT2D eigenvalue weighted by atomic mass is 16.5. The van der Waals surface area contributed by atoms with Gasteiger partial charge in [0.1, 0.15) is 11.3 Å². The average Bonchev–Trinajstić information content (AvgIpc) is 2.36. The van der Waals surface area contributed by atoms with Crippen LogP contribution < -0.4 is 16.1 Å². The molecule has 0 bridgehead atoms. The van der Waals surface area contributed by atoms with E-state index in [1.54, 1.807) is 25.1 Å². The maximum absolute atomic E-state index is 11.4. The average molecular weight is 283 g/mol. The Labute approximate surface area is 120 Å². The van der Waals surface area contributed by atoms with Crippen molar-refractivity contribution >= 4 is 16.9 Å². The molecule has 6 heteroatoms. The van der Waals surface area contributed by atoms with Crippen LogP contribution in [0.2, 0.25) is 0 Å². The number of hydrogen-bond acceptors (Lipinski definition) is 6. The Kier molecular flexibility index (Phi) is 3.06. The summed E-state index contributed by atoms with van der Waals surface area (Å²) in [6, 6.07) is 8.39. The molecule has 3 aromatic rings. The number of nitrogens with zero attached hydrogens (tertiary/aromatic N) is 2. The summed E-state index contributed by atoms with van der Waals surface area (Å²) in [5.74, 6) is 0.997. The molecule has 0 atom stereocenters. The fourth-order valence-electron chi connectivity index (χ4n) is 2.10. The summed E-state index contributed by atoms with van der Waals surface area (Å²) in [6.45, 7) is 3.65. The smallest absolute Gasteiger partial charge is 0.336 e. The lowest BCUT2D eigenvalue weighted by Gasteiger charge is -2.07. The zero-order valence-electron chi connectivity index (χ0n) is 11.6. The first-order valence-electron chi connectivity index (χ1n) is 6.35. The normalized spacial score (nSPS) is 10.8. The van der Waals surface area contributed by atoms with Crippen LogP contribution in [0.3, 0.4) is 0 Å². The van der Waals surface area contributed by atoms with Crippen molar-refractivity contribution in [3.8, 4) is 11.6 Å². The largest absolute Gasteiger partial charge is 0.439 e. The van der Waals surface area contributed by atoms with Crippen LogP contribution in [0.25, 0.3) is 11.0 Å². The van der Waals surface area contributed by atoms with Gasteiger partial charge in [-0.05, 0) is 31.5 Å². The van der Waals surface area contributed by atoms with E-state index in [1.807, 2.05) is 13.0 Å². The van der Waals surface area contributed by atoms with Gasteiger partial charge in [-0.2, -0.15) is 4.98 Å². The molecule has 1 aromatic carbocycles. The second-order valence-corrected chi connectivity index (χ2v) is 4.71. The van der Waals surface area contributed by atoms with E-state index in [0.29, 0.717) is 22.9 Å². The molecule has 2 heterocycles. The molecule has 6 nitrogen and oxygen atoms in total. The molecule has 106 valence electrons. The van der Waals surface area contributed by atoms with Gasteiger partial charge in [-0.1, -0.05) is 0 Å². The number of rotatable bonds is 2. The van der Waals surface area contributed by atoms with Crippen LogP contribution in [0, 0.1) is 13.8 Å². The lowest BCUT2D eigenvalue weighted by molar-refractivity contribution is 0.460. The zero-order chi connectivity index (χ0) is 15.0. The predicted molar refractivity (Wildman–Crippen MR) is 78.5 cm³/mol. The third-order valence-electron chi connectivity index (χ3n) is 2.99. The number of nitrogen functional groups attached to an aromatic ring is 1. The fraction of sp³-hybridized carbons (Fsp3) is 0.133. The lowest BCUT2D eigenvalue weighted by atomic mass is 10.1. The Morgan fingerprint density at radius 1 is 1.14 bits per heavy atom. The van der Waals surface area contributed by atoms with Gasteiger partial charge >= 0.3 is 5.63 Å². The minimum absolute atomic E-state index is 0.146. The maximum atomic E-state index is 11.4. The molecular weight excluding hydrogens is 270 g/mol. The molecule has 3 rings (SSSR count). The summed E-state index contributed by atoms with van der Waals surface area (Å²) in [5, 5.41) is 0.861. The van der Waals surface area contributed by atoms with E-state index in [4.69, 9.17) is 14.9 Å². The number of fused-ring (bicyclic) bond motifs is 1. The monoisotopic (exact) mass is 283 g/mol. The molecule has 2 N–H and O–H groups in total. The van der Waals surface area contributed by atoms with Gasteiger partial charge in [0, 0.05) is 29.3 Å². The highest BCUT2D eigenvalue weighted by Crippen LogP contribution is 2.26. The van der Waals surface area contributed by atoms with E-state index in [1.165, 1.54) is 6.07 Å². The minimum Gasteiger partial charge on any atom is -0.439 e. The van der Waals surface area contributed by atoms with Crippen LogP contribution in [0.15, 0.2) is 39.5 Å². The quantitative estimate of drug-likeness (QED) is 0.727. The van der Waals surface area contributed by atoms with Gasteiger partial charge < -0.3 is 14.9 Å². The molecule has 2 aromatic heterocycles. The summed E-state index contributed by atoms with van der Waals surface area (Å²) in [7, 11) is 0. The number of aryl methyl sites for hydroxylation is 2. The van der Waals surface area contributed by atoms with E-state index in [0.717, 1.165) is 10.9 Å². The number of aromatic nitrogens is 2. The number of ether oxygens (including phenoxy) is 1. The van der Waals surface area contributed by atoms with Crippen molar-refractivity contribution in [2.75, 3.05) is 5.73 Å². The van der Waals surface area contributed by atoms with E-state index in [9.17, 15) is 4.79 Å². The highest BCUT2D eigenvalue weighted by molar-refractivity contribution is 5.81. The highest BCUT2D eigenvalue weighted by Gasteiger charge is 2.06. The molecule has 0 saturated heterocycles. The van der Waals surface area contributed by atoms with Gasteiger partial charge in [0.05, 0.1) is 0 Å². The van der Waals surface area contributed by atoms with Gasteiger partial charge in [0.2, 0.25) is 11.8 Å². The van der Waals surface area contributed by atoms with Crippen molar-refractivity contribution in [2.24, 2.45) is 0 Å². The second kappa shape index (κ2) is 4.90. The van der Waals surface area contributed by atoms with E-state index in [2.05, 4.69) is 9.97 Å². The maximum Gasteiger partial charge on any atom is 0.336 e. The molecule has 0 aliphatic rings. The SMILES string of the molecule is Cc1cc(Oc2ccc3c(C)cc(=O)oc3c2)nc(N)n1. The number of benzene rings is 1. The fourth-order valence-corrected chi connectivity index (χ4v) is 2.10. The first-order chi connectivity index (χ1) is 10.0. The summed E-state index contributed by atoms with van der Waals surface area (Å²) in [5.41, 5.74) is 7.23. The lowest BCUT2D eigenvalue weighted by Crippen LogP contribution is -1.99. The van der Waals surface area contributed by atoms with Crippen LogP contribution in [-0.4, -0.2) is 9.97 Å². The Morgan fingerprint density at radius 3 is 2.71 bits per heavy atom. The minimum atomic E-state index is -0.390. The number of hydrogen-bond donors (Lipinski definition) is 1. The van der Waals surface area contributed by atoms with Gasteiger partial charge in [-0.3, -0.25) is 0 Å². The summed E-state index contributed by atoms with van der Waals surface area (Å²) in [4.78, 5) is 19.4. The Bertz CT molecular complexity index is 867. The van der Waals surface area contributed by atoms with Gasteiger partial charge in [0.25, 0.3) is 0 Å². The topological polar surface area (TPSA) is 91.2 Å². The molecule has 0 unspecified atom stereocenters. The second-order valence-electron chi connectivity index (χ2n) is 4.71. The molecule has 0 radical (unpaired) electrons. The van der Waals surface area contributed by atoms with Crippen molar-refractivity contribution in [3.05, 3.63) is 52.0 Å². The van der Waals surface area contributed by atoms with Gasteiger partial charge in [-0.25, -0.2) is 9.78 Å². The Balaban J connectivity index is 2.03.